The second-order valence-electron chi connectivity index (χ2n) is 7.16. The van der Waals surface area contributed by atoms with Crippen molar-refractivity contribution >= 4 is 45.0 Å². The van der Waals surface area contributed by atoms with E-state index in [1.54, 1.807) is 0 Å². The largest absolute Gasteiger partial charge is 0.393 e. The van der Waals surface area contributed by atoms with Crippen molar-refractivity contribution < 1.29 is 9.90 Å². The number of hydrogen-bond acceptors (Lipinski definition) is 9. The fourth-order valence-corrected chi connectivity index (χ4v) is 4.04. The highest BCUT2D eigenvalue weighted by molar-refractivity contribution is 7.12. The Kier molecular flexibility index (Phi) is 5.54. The van der Waals surface area contributed by atoms with Gasteiger partial charge in [-0.1, -0.05) is 11.4 Å². The predicted molar refractivity (Wildman–Crippen MR) is 113 cm³/mol. The van der Waals surface area contributed by atoms with E-state index < -0.39 is 5.91 Å². The number of aliphatic hydroxyl groups excluding tert-OH is 1. The summed E-state index contributed by atoms with van der Waals surface area (Å²) in [5, 5.41) is 20.4. The summed E-state index contributed by atoms with van der Waals surface area (Å²) in [6.07, 6.45) is 3.63. The molecule has 1 aromatic carbocycles. The lowest BCUT2D eigenvalue weighted by Crippen LogP contribution is -2.29. The van der Waals surface area contributed by atoms with Crippen molar-refractivity contribution in [3.05, 3.63) is 29.6 Å². The first kappa shape index (κ1) is 19.5. The summed E-state index contributed by atoms with van der Waals surface area (Å²) < 4.78 is 4.91. The van der Waals surface area contributed by atoms with Gasteiger partial charge in [0.2, 0.25) is 0 Å². The molecule has 0 unspecified atom stereocenters. The average molecular weight is 414 g/mol. The third-order valence-electron chi connectivity index (χ3n) is 5.08. The number of aryl methyl sites for hydroxylation is 1. The van der Waals surface area contributed by atoms with Crippen molar-refractivity contribution in [1.82, 2.24) is 19.6 Å². The van der Waals surface area contributed by atoms with Crippen molar-refractivity contribution in [1.29, 1.82) is 0 Å². The van der Waals surface area contributed by atoms with Gasteiger partial charge in [-0.05, 0) is 61.8 Å². The normalized spacial score (nSPS) is 19.2. The molecule has 0 saturated heterocycles. The molecule has 0 spiro atoms. The summed E-state index contributed by atoms with van der Waals surface area (Å²) in [5.74, 6) is 0.298. The second-order valence-corrected chi connectivity index (χ2v) is 7.95. The molecule has 29 heavy (non-hydrogen) atoms. The van der Waals surface area contributed by atoms with E-state index in [4.69, 9.17) is 5.73 Å². The molecule has 2 heterocycles. The molecule has 1 aliphatic carbocycles. The molecular weight excluding hydrogens is 390 g/mol. The Balaban J connectivity index is 1.65. The molecule has 152 valence electrons. The molecule has 10 heteroatoms. The number of carbonyl (C=O) groups excluding carboxylic acids is 1. The monoisotopic (exact) mass is 413 g/mol. The molecule has 1 aliphatic rings. The maximum Gasteiger partial charge on any atom is 0.271 e. The number of aliphatic hydroxyl groups is 1. The minimum absolute atomic E-state index is 0.1000. The number of rotatable bonds is 6. The Morgan fingerprint density at radius 2 is 2.03 bits per heavy atom. The minimum Gasteiger partial charge on any atom is -0.393 e. The summed E-state index contributed by atoms with van der Waals surface area (Å²) in [7, 11) is 0. The Morgan fingerprint density at radius 3 is 2.76 bits per heavy atom. The molecule has 1 fully saturated rings. The molecule has 4 rings (SSSR count). The lowest BCUT2D eigenvalue weighted by atomic mass is 9.93. The third kappa shape index (κ3) is 4.28. The number of hydrogen-bond donors (Lipinski definition) is 4. The standard InChI is InChI=1S/C19H23N7O2S/c1-2-13-18(21-10-3-6-12(27)7-4-10)24-19(16(23-13)17(20)28)22-11-5-8-15-14(9-11)25-26-29-15/h5,8-10,12,27H,2-4,6-7H2,1H3,(H2,20,28)(H2,21,22,24). The molecule has 9 nitrogen and oxygen atoms in total. The van der Waals surface area contributed by atoms with Crippen LogP contribution in [0.3, 0.4) is 0 Å². The lowest BCUT2D eigenvalue weighted by molar-refractivity contribution is 0.0996. The molecule has 1 amide bonds. The maximum absolute atomic E-state index is 12.0. The number of aromatic nitrogens is 4. The van der Waals surface area contributed by atoms with Crippen LogP contribution in [0.5, 0.6) is 0 Å². The summed E-state index contributed by atoms with van der Waals surface area (Å²) in [5.41, 5.74) is 7.84. The van der Waals surface area contributed by atoms with E-state index in [-0.39, 0.29) is 17.8 Å². The van der Waals surface area contributed by atoms with E-state index in [2.05, 4.69) is 30.2 Å². The van der Waals surface area contributed by atoms with Crippen LogP contribution < -0.4 is 16.4 Å². The molecule has 0 radical (unpaired) electrons. The van der Waals surface area contributed by atoms with Gasteiger partial charge in [0.15, 0.2) is 11.5 Å². The van der Waals surface area contributed by atoms with Crippen LogP contribution in [-0.2, 0) is 6.42 Å². The summed E-state index contributed by atoms with van der Waals surface area (Å²) in [6, 6.07) is 5.84. The van der Waals surface area contributed by atoms with Crippen molar-refractivity contribution in [2.24, 2.45) is 5.73 Å². The van der Waals surface area contributed by atoms with Crippen LogP contribution in [-0.4, -0.2) is 42.7 Å². The van der Waals surface area contributed by atoms with Gasteiger partial charge in [0, 0.05) is 11.7 Å². The first-order valence-electron chi connectivity index (χ1n) is 9.68. The molecule has 2 aromatic heterocycles. The zero-order valence-electron chi connectivity index (χ0n) is 16.1. The van der Waals surface area contributed by atoms with Gasteiger partial charge < -0.3 is 21.5 Å². The van der Waals surface area contributed by atoms with Crippen LogP contribution in [0.1, 0.15) is 48.8 Å². The van der Waals surface area contributed by atoms with Crippen molar-refractivity contribution in [3.8, 4) is 0 Å². The molecular formula is C19H23N7O2S. The number of nitrogens with one attached hydrogen (secondary N) is 2. The summed E-state index contributed by atoms with van der Waals surface area (Å²) in [6.45, 7) is 1.96. The van der Waals surface area contributed by atoms with Gasteiger partial charge in [-0.25, -0.2) is 9.97 Å². The smallest absolute Gasteiger partial charge is 0.271 e. The number of carbonyl (C=O) groups is 1. The fourth-order valence-electron chi connectivity index (χ4n) is 3.50. The van der Waals surface area contributed by atoms with Gasteiger partial charge in [0.05, 0.1) is 16.5 Å². The maximum atomic E-state index is 12.0. The van der Waals surface area contributed by atoms with Gasteiger partial charge in [-0.2, -0.15) is 0 Å². The van der Waals surface area contributed by atoms with Crippen LogP contribution in [0.4, 0.5) is 17.3 Å². The highest BCUT2D eigenvalue weighted by atomic mass is 32.1. The molecule has 1 saturated carbocycles. The Morgan fingerprint density at radius 1 is 1.24 bits per heavy atom. The molecule has 5 N–H and O–H groups in total. The van der Waals surface area contributed by atoms with E-state index >= 15 is 0 Å². The minimum atomic E-state index is -0.640. The highest BCUT2D eigenvalue weighted by Gasteiger charge is 2.23. The van der Waals surface area contributed by atoms with Gasteiger partial charge in [-0.15, -0.1) is 5.10 Å². The van der Waals surface area contributed by atoms with E-state index in [1.165, 1.54) is 11.5 Å². The van der Waals surface area contributed by atoms with E-state index in [0.717, 1.165) is 41.6 Å². The summed E-state index contributed by atoms with van der Waals surface area (Å²) >= 11 is 1.32. The molecule has 0 bridgehead atoms. The van der Waals surface area contributed by atoms with Crippen molar-refractivity contribution in [2.75, 3.05) is 10.6 Å². The third-order valence-corrected chi connectivity index (χ3v) is 5.79. The zero-order chi connectivity index (χ0) is 20.4. The van der Waals surface area contributed by atoms with E-state index in [9.17, 15) is 9.90 Å². The van der Waals surface area contributed by atoms with E-state index in [1.807, 2.05) is 25.1 Å². The number of nitrogens with zero attached hydrogens (tertiary/aromatic N) is 4. The van der Waals surface area contributed by atoms with Crippen molar-refractivity contribution in [2.45, 2.75) is 51.2 Å². The van der Waals surface area contributed by atoms with Gasteiger partial charge in [0.25, 0.3) is 5.91 Å². The first-order valence-corrected chi connectivity index (χ1v) is 10.4. The quantitative estimate of drug-likeness (QED) is 0.484. The molecule has 0 aliphatic heterocycles. The summed E-state index contributed by atoms with van der Waals surface area (Å²) in [4.78, 5) is 21.1. The van der Waals surface area contributed by atoms with Crippen LogP contribution >= 0.6 is 11.5 Å². The topological polar surface area (TPSA) is 139 Å². The Bertz CT molecular complexity index is 1030. The number of primary amides is 1. The van der Waals surface area contributed by atoms with Crippen LogP contribution in [0, 0.1) is 0 Å². The SMILES string of the molecule is CCc1nc(C(N)=O)c(Nc2ccc3snnc3c2)nc1NC1CCC(O)CC1. The number of amides is 1. The van der Waals surface area contributed by atoms with Crippen LogP contribution in [0.25, 0.3) is 10.2 Å². The predicted octanol–water partition coefficient (Wildman–Crippen LogP) is 2.60. The number of anilines is 3. The van der Waals surface area contributed by atoms with Crippen LogP contribution in [0.15, 0.2) is 18.2 Å². The second kappa shape index (κ2) is 8.26. The average Bonchev–Trinajstić information content (AvgIpc) is 3.17. The lowest BCUT2D eigenvalue weighted by Gasteiger charge is -2.27. The van der Waals surface area contributed by atoms with Crippen LogP contribution in [0.2, 0.25) is 0 Å². The fraction of sp³-hybridized carbons (Fsp3) is 0.421. The number of nitrogens with two attached hydrogens (primary N) is 1. The zero-order valence-corrected chi connectivity index (χ0v) is 16.9. The number of benzene rings is 1. The number of fused-ring (bicyclic) bond motifs is 1. The first-order chi connectivity index (χ1) is 14.0. The van der Waals surface area contributed by atoms with Gasteiger partial charge in [-0.3, -0.25) is 4.79 Å². The molecule has 3 aromatic rings. The van der Waals surface area contributed by atoms with Gasteiger partial charge in [0.1, 0.15) is 11.3 Å². The Labute approximate surface area is 171 Å². The highest BCUT2D eigenvalue weighted by Crippen LogP contribution is 2.27. The Hall–Kier alpha value is -2.85. The van der Waals surface area contributed by atoms with Crippen molar-refractivity contribution in [3.63, 3.8) is 0 Å². The molecule has 0 atom stereocenters. The van der Waals surface area contributed by atoms with Gasteiger partial charge >= 0.3 is 0 Å². The van der Waals surface area contributed by atoms with E-state index in [0.29, 0.717) is 23.8 Å².